The summed E-state index contributed by atoms with van der Waals surface area (Å²) >= 11 is 5.95. The van der Waals surface area contributed by atoms with Crippen LogP contribution in [0.4, 0.5) is 19.0 Å². The normalized spacial score (nSPS) is 19.0. The fourth-order valence-corrected chi connectivity index (χ4v) is 4.10. The lowest BCUT2D eigenvalue weighted by atomic mass is 10.0. The Kier molecular flexibility index (Phi) is 5.58. The first-order valence-corrected chi connectivity index (χ1v) is 9.96. The van der Waals surface area contributed by atoms with Gasteiger partial charge in [0.05, 0.1) is 46.7 Å². The van der Waals surface area contributed by atoms with Crippen LogP contribution in [0.15, 0.2) is 41.9 Å². The molecule has 0 saturated carbocycles. The van der Waals surface area contributed by atoms with Crippen molar-refractivity contribution >= 4 is 23.3 Å². The molecule has 0 unspecified atom stereocenters. The number of nitrogens with one attached hydrogen (secondary N) is 2. The highest BCUT2D eigenvalue weighted by molar-refractivity contribution is 6.34. The molecule has 0 fully saturated rings. The van der Waals surface area contributed by atoms with Gasteiger partial charge in [-0.1, -0.05) is 17.7 Å². The number of hydrazine groups is 2. The van der Waals surface area contributed by atoms with Crippen molar-refractivity contribution in [1.82, 2.24) is 25.6 Å². The summed E-state index contributed by atoms with van der Waals surface area (Å²) in [6, 6.07) is 4.69. The van der Waals surface area contributed by atoms with E-state index in [0.717, 1.165) is 17.5 Å². The van der Waals surface area contributed by atoms with Gasteiger partial charge in [-0.05, 0) is 19.1 Å². The van der Waals surface area contributed by atoms with Gasteiger partial charge in [-0.15, -0.1) is 5.53 Å². The van der Waals surface area contributed by atoms with E-state index < -0.39 is 28.7 Å². The monoisotopic (exact) mass is 456 g/mol. The van der Waals surface area contributed by atoms with Crippen molar-refractivity contribution in [3.63, 3.8) is 0 Å². The van der Waals surface area contributed by atoms with Gasteiger partial charge >= 0.3 is 6.18 Å². The summed E-state index contributed by atoms with van der Waals surface area (Å²) in [7, 11) is 0. The average Bonchev–Trinajstić information content (AvgIpc) is 3.34. The average molecular weight is 457 g/mol. The van der Waals surface area contributed by atoms with Crippen LogP contribution in [0.25, 0.3) is 0 Å². The molecular formula is C19H20ClF3N6O2. The van der Waals surface area contributed by atoms with Crippen LogP contribution in [0.2, 0.25) is 5.02 Å². The number of hydrogen-bond donors (Lipinski definition) is 3. The molecular weight excluding hydrogens is 437 g/mol. The zero-order chi connectivity index (χ0) is 22.3. The summed E-state index contributed by atoms with van der Waals surface area (Å²) in [4.78, 5) is 14.6. The maximum atomic E-state index is 13.2. The van der Waals surface area contributed by atoms with E-state index in [9.17, 15) is 18.0 Å². The van der Waals surface area contributed by atoms with Crippen molar-refractivity contribution in [3.8, 4) is 0 Å². The summed E-state index contributed by atoms with van der Waals surface area (Å²) in [5.74, 6) is 0.0430. The number of aliphatic hydroxyl groups is 1. The zero-order valence-corrected chi connectivity index (χ0v) is 17.2. The predicted octanol–water partition coefficient (Wildman–Crippen LogP) is 2.52. The summed E-state index contributed by atoms with van der Waals surface area (Å²) in [6.07, 6.45) is -2.45. The van der Waals surface area contributed by atoms with E-state index in [4.69, 9.17) is 16.7 Å². The van der Waals surface area contributed by atoms with Crippen molar-refractivity contribution in [3.05, 3.63) is 58.0 Å². The molecule has 1 atom stereocenters. The first-order valence-electron chi connectivity index (χ1n) is 9.58. The van der Waals surface area contributed by atoms with Gasteiger partial charge in [0, 0.05) is 25.2 Å². The van der Waals surface area contributed by atoms with E-state index in [1.54, 1.807) is 28.9 Å². The lowest BCUT2D eigenvalue weighted by molar-refractivity contribution is -0.137. The Balaban J connectivity index is 1.58. The number of aliphatic hydroxyl groups excluding tert-OH is 1. The van der Waals surface area contributed by atoms with Crippen molar-refractivity contribution in [2.24, 2.45) is 0 Å². The van der Waals surface area contributed by atoms with E-state index in [0.29, 0.717) is 25.3 Å². The number of amides is 1. The molecule has 1 aromatic heterocycles. The van der Waals surface area contributed by atoms with Gasteiger partial charge in [0.25, 0.3) is 5.91 Å². The number of alkyl halides is 3. The van der Waals surface area contributed by atoms with E-state index in [1.807, 2.05) is 0 Å². The molecule has 4 rings (SSSR count). The SMILES string of the molecule is C[C@H]1C2=C(CCN1C(=O)c1cccc(C(F)(F)F)c1Cl)N(c1ccn(CCO)n1)NN2. The van der Waals surface area contributed by atoms with Gasteiger partial charge in [-0.25, -0.2) is 5.01 Å². The van der Waals surface area contributed by atoms with Crippen LogP contribution in [0, 0.1) is 0 Å². The Labute approximate surface area is 180 Å². The summed E-state index contributed by atoms with van der Waals surface area (Å²) in [5, 5.41) is 14.6. The fraction of sp³-hybridized carbons (Fsp3) is 0.368. The lowest BCUT2D eigenvalue weighted by Crippen LogP contribution is -2.46. The number of carbonyl (C=O) groups excluding carboxylic acids is 1. The van der Waals surface area contributed by atoms with Gasteiger partial charge in [-0.2, -0.15) is 18.3 Å². The molecule has 0 saturated heterocycles. The summed E-state index contributed by atoms with van der Waals surface area (Å²) < 4.78 is 41.1. The fourth-order valence-electron chi connectivity index (χ4n) is 3.79. The Hall–Kier alpha value is -2.76. The second-order valence-electron chi connectivity index (χ2n) is 7.18. The highest BCUT2D eigenvalue weighted by atomic mass is 35.5. The van der Waals surface area contributed by atoms with E-state index in [-0.39, 0.29) is 12.2 Å². The molecule has 1 aromatic carbocycles. The van der Waals surface area contributed by atoms with Crippen LogP contribution in [-0.4, -0.2) is 44.9 Å². The van der Waals surface area contributed by atoms with Crippen LogP contribution < -0.4 is 16.0 Å². The Bertz CT molecular complexity index is 1040. The number of nitrogens with zero attached hydrogens (tertiary/aromatic N) is 4. The topological polar surface area (TPSA) is 85.7 Å². The minimum absolute atomic E-state index is 0.0348. The number of carbonyl (C=O) groups is 1. The van der Waals surface area contributed by atoms with Crippen LogP contribution in [0.3, 0.4) is 0 Å². The molecule has 0 spiro atoms. The molecule has 2 aliphatic heterocycles. The lowest BCUT2D eigenvalue weighted by Gasteiger charge is -2.35. The first kappa shape index (κ1) is 21.5. The van der Waals surface area contributed by atoms with Crippen molar-refractivity contribution in [2.45, 2.75) is 32.1 Å². The number of rotatable bonds is 4. The third-order valence-electron chi connectivity index (χ3n) is 5.34. The van der Waals surface area contributed by atoms with Crippen molar-refractivity contribution in [1.29, 1.82) is 0 Å². The highest BCUT2D eigenvalue weighted by Gasteiger charge is 2.39. The maximum Gasteiger partial charge on any atom is 0.417 e. The minimum atomic E-state index is -4.65. The molecule has 2 aromatic rings. The number of anilines is 1. The number of halogens is 4. The van der Waals surface area contributed by atoms with E-state index >= 15 is 0 Å². The van der Waals surface area contributed by atoms with Gasteiger partial charge < -0.3 is 15.4 Å². The number of benzene rings is 1. The van der Waals surface area contributed by atoms with Crippen LogP contribution in [0.1, 0.15) is 29.3 Å². The van der Waals surface area contributed by atoms with Gasteiger partial charge in [-0.3, -0.25) is 9.48 Å². The smallest absolute Gasteiger partial charge is 0.394 e. The highest BCUT2D eigenvalue weighted by Crippen LogP contribution is 2.37. The molecule has 3 N–H and O–H groups in total. The molecule has 1 amide bonds. The molecule has 12 heteroatoms. The largest absolute Gasteiger partial charge is 0.417 e. The molecule has 0 aliphatic carbocycles. The van der Waals surface area contributed by atoms with Crippen LogP contribution in [-0.2, 0) is 12.7 Å². The van der Waals surface area contributed by atoms with Crippen LogP contribution >= 0.6 is 11.6 Å². The maximum absolute atomic E-state index is 13.2. The summed E-state index contributed by atoms with van der Waals surface area (Å²) in [5.41, 5.74) is 6.42. The standard InChI is InChI=1S/C19H20ClF3N6O2/c1-11-17-14(29(26-24-17)15-6-7-27(25-15)9-10-30)5-8-28(11)18(31)12-3-2-4-13(16(12)20)19(21,22)23/h2-4,6-7,11,24,26,30H,5,8-10H2,1H3/t11-/m0/s1. The predicted molar refractivity (Wildman–Crippen MR) is 107 cm³/mol. The van der Waals surface area contributed by atoms with Gasteiger partial charge in [0.1, 0.15) is 0 Å². The number of hydrogen-bond acceptors (Lipinski definition) is 6. The zero-order valence-electron chi connectivity index (χ0n) is 16.4. The van der Waals surface area contributed by atoms with E-state index in [2.05, 4.69) is 16.1 Å². The number of aromatic nitrogens is 2. The second kappa shape index (κ2) is 8.06. The molecule has 2 aliphatic rings. The van der Waals surface area contributed by atoms with Gasteiger partial charge in [0.15, 0.2) is 5.82 Å². The molecule has 0 radical (unpaired) electrons. The molecule has 0 bridgehead atoms. The Morgan fingerprint density at radius 2 is 2.13 bits per heavy atom. The Morgan fingerprint density at radius 1 is 1.35 bits per heavy atom. The second-order valence-corrected chi connectivity index (χ2v) is 7.56. The molecule has 166 valence electrons. The van der Waals surface area contributed by atoms with Crippen LogP contribution in [0.5, 0.6) is 0 Å². The van der Waals surface area contributed by atoms with Crippen molar-refractivity contribution in [2.75, 3.05) is 18.2 Å². The first-order chi connectivity index (χ1) is 14.7. The molecule has 31 heavy (non-hydrogen) atoms. The summed E-state index contributed by atoms with van der Waals surface area (Å²) in [6.45, 7) is 2.41. The quantitative estimate of drug-likeness (QED) is 0.655. The third kappa shape index (κ3) is 3.84. The molecule has 8 nitrogen and oxygen atoms in total. The van der Waals surface area contributed by atoms with E-state index in [1.165, 1.54) is 17.0 Å². The van der Waals surface area contributed by atoms with Crippen molar-refractivity contribution < 1.29 is 23.1 Å². The van der Waals surface area contributed by atoms with Gasteiger partial charge in [0.2, 0.25) is 0 Å². The third-order valence-corrected chi connectivity index (χ3v) is 5.75. The Morgan fingerprint density at radius 3 is 2.84 bits per heavy atom. The minimum Gasteiger partial charge on any atom is -0.394 e. The molecule has 3 heterocycles.